The molecule has 0 aliphatic carbocycles. The van der Waals surface area contributed by atoms with Gasteiger partial charge in [-0.3, -0.25) is 0 Å². The predicted molar refractivity (Wildman–Crippen MR) is 47.6 cm³/mol. The Morgan fingerprint density at radius 1 is 1.33 bits per heavy atom. The zero-order valence-corrected chi connectivity index (χ0v) is 7.51. The molecule has 0 aliphatic rings. The fourth-order valence-electron chi connectivity index (χ4n) is 1.17. The molecule has 2 aromatic rings. The van der Waals surface area contributed by atoms with Gasteiger partial charge >= 0.3 is 6.18 Å². The van der Waals surface area contributed by atoms with Gasteiger partial charge in [0.2, 0.25) is 0 Å². The van der Waals surface area contributed by atoms with E-state index in [0.717, 1.165) is 0 Å². The fourth-order valence-corrected chi connectivity index (χ4v) is 1.17. The van der Waals surface area contributed by atoms with Crippen molar-refractivity contribution in [3.05, 3.63) is 24.5 Å². The summed E-state index contributed by atoms with van der Waals surface area (Å²) in [7, 11) is 0. The van der Waals surface area contributed by atoms with Crippen LogP contribution >= 0.6 is 0 Å². The van der Waals surface area contributed by atoms with Crippen LogP contribution in [0.1, 0.15) is 0 Å². The number of alkyl halides is 3. The summed E-state index contributed by atoms with van der Waals surface area (Å²) in [5.74, 6) is 0.170. The van der Waals surface area contributed by atoms with E-state index in [1.807, 2.05) is 0 Å². The molecule has 0 bridgehead atoms. The van der Waals surface area contributed by atoms with Gasteiger partial charge in [0.15, 0.2) is 6.61 Å². The summed E-state index contributed by atoms with van der Waals surface area (Å²) < 4.78 is 40.1. The maximum absolute atomic E-state index is 11.9. The third kappa shape index (κ3) is 2.39. The molecule has 0 spiro atoms. The molecule has 3 nitrogen and oxygen atoms in total. The van der Waals surface area contributed by atoms with Gasteiger partial charge in [0.1, 0.15) is 5.75 Å². The average Bonchev–Trinajstić information content (AvgIpc) is 2.60. The van der Waals surface area contributed by atoms with Gasteiger partial charge < -0.3 is 9.72 Å². The Morgan fingerprint density at radius 3 is 2.87 bits per heavy atom. The van der Waals surface area contributed by atoms with E-state index < -0.39 is 12.8 Å². The first kappa shape index (κ1) is 9.82. The fraction of sp³-hybridized carbons (Fsp3) is 0.222. The van der Waals surface area contributed by atoms with Gasteiger partial charge in [0.05, 0.1) is 17.4 Å². The van der Waals surface area contributed by atoms with Gasteiger partial charge in [-0.2, -0.15) is 13.2 Å². The summed E-state index contributed by atoms with van der Waals surface area (Å²) in [6.45, 7) is -1.29. The van der Waals surface area contributed by atoms with Crippen molar-refractivity contribution in [1.29, 1.82) is 0 Å². The lowest BCUT2D eigenvalue weighted by Crippen LogP contribution is -2.19. The molecule has 6 heteroatoms. The molecule has 2 rings (SSSR count). The number of nitrogens with one attached hydrogen (secondary N) is 1. The Kier molecular flexibility index (Phi) is 2.26. The van der Waals surface area contributed by atoms with Crippen LogP contribution in [-0.4, -0.2) is 22.8 Å². The number of fused-ring (bicyclic) bond motifs is 1. The summed E-state index contributed by atoms with van der Waals surface area (Å²) in [5, 5.41) is 0. The predicted octanol–water partition coefficient (Wildman–Crippen LogP) is 2.50. The van der Waals surface area contributed by atoms with Crippen molar-refractivity contribution in [1.82, 2.24) is 9.97 Å². The van der Waals surface area contributed by atoms with Crippen LogP contribution in [0.5, 0.6) is 5.75 Å². The van der Waals surface area contributed by atoms with Gasteiger partial charge in [-0.15, -0.1) is 0 Å². The van der Waals surface area contributed by atoms with Crippen molar-refractivity contribution in [2.45, 2.75) is 6.18 Å². The van der Waals surface area contributed by atoms with Crippen molar-refractivity contribution in [2.24, 2.45) is 0 Å². The number of aromatic nitrogens is 2. The molecule has 0 unspecified atom stereocenters. The van der Waals surface area contributed by atoms with Gasteiger partial charge in [-0.25, -0.2) is 4.98 Å². The maximum Gasteiger partial charge on any atom is 0.422 e. The third-order valence-electron chi connectivity index (χ3n) is 1.79. The van der Waals surface area contributed by atoms with Gasteiger partial charge in [-0.05, 0) is 12.1 Å². The molecule has 0 fully saturated rings. The number of ether oxygens (including phenoxy) is 1. The monoisotopic (exact) mass is 216 g/mol. The molecule has 0 radical (unpaired) electrons. The van der Waals surface area contributed by atoms with E-state index >= 15 is 0 Å². The van der Waals surface area contributed by atoms with Crippen molar-refractivity contribution in [3.63, 3.8) is 0 Å². The van der Waals surface area contributed by atoms with E-state index in [2.05, 4.69) is 14.7 Å². The molecule has 0 aliphatic heterocycles. The Balaban J connectivity index is 2.15. The number of halogens is 3. The molecule has 1 aromatic carbocycles. The van der Waals surface area contributed by atoms with E-state index in [0.29, 0.717) is 11.0 Å². The molecule has 15 heavy (non-hydrogen) atoms. The lowest BCUT2D eigenvalue weighted by molar-refractivity contribution is -0.153. The lowest BCUT2D eigenvalue weighted by atomic mass is 10.3. The summed E-state index contributed by atoms with van der Waals surface area (Å²) in [4.78, 5) is 6.72. The minimum absolute atomic E-state index is 0.170. The highest BCUT2D eigenvalue weighted by Gasteiger charge is 2.28. The van der Waals surface area contributed by atoms with E-state index in [4.69, 9.17) is 0 Å². The SMILES string of the molecule is FC(F)(F)COc1ccc2nc[nH]c2c1. The zero-order valence-electron chi connectivity index (χ0n) is 7.51. The van der Waals surface area contributed by atoms with Crippen molar-refractivity contribution >= 4 is 11.0 Å². The second-order valence-corrected chi connectivity index (χ2v) is 2.99. The number of rotatable bonds is 2. The van der Waals surface area contributed by atoms with E-state index in [-0.39, 0.29) is 5.75 Å². The van der Waals surface area contributed by atoms with Crippen LogP contribution < -0.4 is 4.74 Å². The minimum Gasteiger partial charge on any atom is -0.484 e. The van der Waals surface area contributed by atoms with E-state index in [9.17, 15) is 13.2 Å². The van der Waals surface area contributed by atoms with Crippen molar-refractivity contribution in [3.8, 4) is 5.75 Å². The number of hydrogen-bond acceptors (Lipinski definition) is 2. The van der Waals surface area contributed by atoms with Crippen LogP contribution in [0.15, 0.2) is 24.5 Å². The second kappa shape index (κ2) is 3.45. The second-order valence-electron chi connectivity index (χ2n) is 2.99. The first-order chi connectivity index (χ1) is 7.04. The average molecular weight is 216 g/mol. The smallest absolute Gasteiger partial charge is 0.422 e. The quantitative estimate of drug-likeness (QED) is 0.837. The number of imidazole rings is 1. The van der Waals surface area contributed by atoms with Crippen molar-refractivity contribution < 1.29 is 17.9 Å². The largest absolute Gasteiger partial charge is 0.484 e. The first-order valence-electron chi connectivity index (χ1n) is 4.17. The van der Waals surface area contributed by atoms with Crippen LogP contribution in [-0.2, 0) is 0 Å². The van der Waals surface area contributed by atoms with Crippen LogP contribution in [0.3, 0.4) is 0 Å². The van der Waals surface area contributed by atoms with Crippen molar-refractivity contribution in [2.75, 3.05) is 6.61 Å². The third-order valence-corrected chi connectivity index (χ3v) is 1.79. The first-order valence-corrected chi connectivity index (χ1v) is 4.17. The summed E-state index contributed by atoms with van der Waals surface area (Å²) >= 11 is 0. The zero-order chi connectivity index (χ0) is 10.9. The van der Waals surface area contributed by atoms with Gasteiger partial charge in [0.25, 0.3) is 0 Å². The number of aromatic amines is 1. The van der Waals surface area contributed by atoms with E-state index in [1.54, 1.807) is 6.07 Å². The number of nitrogens with zero attached hydrogens (tertiary/aromatic N) is 1. The Morgan fingerprint density at radius 2 is 2.13 bits per heavy atom. The highest BCUT2D eigenvalue weighted by Crippen LogP contribution is 2.21. The molecule has 1 N–H and O–H groups in total. The molecule has 1 heterocycles. The number of hydrogen-bond donors (Lipinski definition) is 1. The number of benzene rings is 1. The standard InChI is InChI=1S/C9H7F3N2O/c10-9(11,12)4-15-6-1-2-7-8(3-6)14-5-13-7/h1-3,5H,4H2,(H,13,14). The molecular weight excluding hydrogens is 209 g/mol. The van der Waals surface area contributed by atoms with Gasteiger partial charge in [0, 0.05) is 6.07 Å². The summed E-state index contributed by atoms with van der Waals surface area (Å²) in [6, 6.07) is 4.53. The van der Waals surface area contributed by atoms with E-state index in [1.165, 1.54) is 18.5 Å². The molecule has 80 valence electrons. The van der Waals surface area contributed by atoms with Crippen LogP contribution in [0.25, 0.3) is 11.0 Å². The topological polar surface area (TPSA) is 37.9 Å². The minimum atomic E-state index is -4.32. The van der Waals surface area contributed by atoms with Crippen LogP contribution in [0.2, 0.25) is 0 Å². The molecule has 0 saturated heterocycles. The highest BCUT2D eigenvalue weighted by atomic mass is 19.4. The summed E-state index contributed by atoms with van der Waals surface area (Å²) in [5.41, 5.74) is 1.34. The van der Waals surface area contributed by atoms with Gasteiger partial charge in [-0.1, -0.05) is 0 Å². The van der Waals surface area contributed by atoms with Crippen LogP contribution in [0.4, 0.5) is 13.2 Å². The molecule has 0 atom stereocenters. The molecular formula is C9H7F3N2O. The normalized spacial score (nSPS) is 11.9. The Bertz CT molecular complexity index is 464. The Hall–Kier alpha value is -1.72. The Labute approximate surface area is 82.9 Å². The number of H-pyrrole nitrogens is 1. The summed E-state index contributed by atoms with van der Waals surface area (Å²) in [6.07, 6.45) is -2.85. The molecule has 0 saturated carbocycles. The van der Waals surface area contributed by atoms with Crippen LogP contribution in [0, 0.1) is 0 Å². The molecule has 0 amide bonds. The maximum atomic E-state index is 11.9. The molecule has 1 aromatic heterocycles. The highest BCUT2D eigenvalue weighted by molar-refractivity contribution is 5.75. The lowest BCUT2D eigenvalue weighted by Gasteiger charge is -2.08.